The highest BCUT2D eigenvalue weighted by molar-refractivity contribution is 7.89. The second kappa shape index (κ2) is 8.49. The highest BCUT2D eigenvalue weighted by Gasteiger charge is 2.27. The van der Waals surface area contributed by atoms with Crippen LogP contribution in [0.2, 0.25) is 5.02 Å². The van der Waals surface area contributed by atoms with E-state index in [1.807, 2.05) is 6.92 Å². The van der Waals surface area contributed by atoms with E-state index in [-0.39, 0.29) is 27.6 Å². The molecule has 1 aromatic rings. The first kappa shape index (κ1) is 20.2. The first-order valence-corrected chi connectivity index (χ1v) is 10.3. The Hall–Kier alpha value is -1.15. The number of nitrogens with zero attached hydrogens (tertiary/aromatic N) is 1. The molecule has 2 unspecified atom stereocenters. The third-order valence-electron chi connectivity index (χ3n) is 4.41. The van der Waals surface area contributed by atoms with E-state index in [9.17, 15) is 13.2 Å². The van der Waals surface area contributed by atoms with Crippen molar-refractivity contribution in [2.75, 3.05) is 19.7 Å². The van der Waals surface area contributed by atoms with Crippen molar-refractivity contribution in [2.45, 2.75) is 50.7 Å². The predicted octanol–water partition coefficient (Wildman–Crippen LogP) is 2.67. The smallest absolute Gasteiger partial charge is 0.253 e. The Bertz CT molecular complexity index is 713. The molecule has 0 aliphatic carbocycles. The van der Waals surface area contributed by atoms with E-state index in [0.717, 1.165) is 12.8 Å². The first-order chi connectivity index (χ1) is 11.8. The van der Waals surface area contributed by atoms with E-state index in [1.54, 1.807) is 13.8 Å². The summed E-state index contributed by atoms with van der Waals surface area (Å²) in [7, 11) is -3.65. The van der Waals surface area contributed by atoms with Gasteiger partial charge in [-0.3, -0.25) is 4.79 Å². The van der Waals surface area contributed by atoms with Crippen molar-refractivity contribution >= 4 is 27.5 Å². The lowest BCUT2D eigenvalue weighted by Gasteiger charge is -2.21. The lowest BCUT2D eigenvalue weighted by Crippen LogP contribution is -2.41. The molecule has 0 saturated carbocycles. The van der Waals surface area contributed by atoms with Crippen LogP contribution in [0.25, 0.3) is 0 Å². The standard InChI is InChI=1S/C17H25ClN2O4S/c1-4-20(5-2)25(22,23)13-8-9-15(18)14(11-13)17(21)19-12(3)16-7-6-10-24-16/h8-9,11-12,16H,4-7,10H2,1-3H3,(H,19,21). The zero-order valence-corrected chi connectivity index (χ0v) is 16.4. The van der Waals surface area contributed by atoms with Gasteiger partial charge >= 0.3 is 0 Å². The molecule has 2 rings (SSSR count). The lowest BCUT2D eigenvalue weighted by atomic mass is 10.1. The van der Waals surface area contributed by atoms with E-state index < -0.39 is 15.9 Å². The van der Waals surface area contributed by atoms with E-state index in [4.69, 9.17) is 16.3 Å². The number of ether oxygens (including phenoxy) is 1. The average Bonchev–Trinajstić information content (AvgIpc) is 3.10. The fraction of sp³-hybridized carbons (Fsp3) is 0.588. The first-order valence-electron chi connectivity index (χ1n) is 8.53. The number of amides is 1. The van der Waals surface area contributed by atoms with Crippen molar-refractivity contribution in [1.82, 2.24) is 9.62 Å². The fourth-order valence-corrected chi connectivity index (χ4v) is 4.61. The lowest BCUT2D eigenvalue weighted by molar-refractivity contribution is 0.0712. The Kier molecular flexibility index (Phi) is 6.85. The molecule has 0 spiro atoms. The van der Waals surface area contributed by atoms with Crippen LogP contribution in [-0.4, -0.2) is 50.5 Å². The minimum absolute atomic E-state index is 0.0229. The summed E-state index contributed by atoms with van der Waals surface area (Å²) >= 11 is 6.13. The SMILES string of the molecule is CCN(CC)S(=O)(=O)c1ccc(Cl)c(C(=O)NC(C)C2CCCO2)c1. The minimum Gasteiger partial charge on any atom is -0.376 e. The maximum Gasteiger partial charge on any atom is 0.253 e. The monoisotopic (exact) mass is 388 g/mol. The Morgan fingerprint density at radius 3 is 2.64 bits per heavy atom. The Balaban J connectivity index is 2.24. The molecule has 140 valence electrons. The van der Waals surface area contributed by atoms with Crippen molar-refractivity contribution in [3.63, 3.8) is 0 Å². The van der Waals surface area contributed by atoms with Crippen molar-refractivity contribution in [1.29, 1.82) is 0 Å². The van der Waals surface area contributed by atoms with Crippen molar-refractivity contribution in [3.05, 3.63) is 28.8 Å². The number of benzene rings is 1. The molecule has 1 saturated heterocycles. The third kappa shape index (κ3) is 4.53. The van der Waals surface area contributed by atoms with Gasteiger partial charge in [-0.2, -0.15) is 4.31 Å². The van der Waals surface area contributed by atoms with Crippen LogP contribution in [0.4, 0.5) is 0 Å². The van der Waals surface area contributed by atoms with Gasteiger partial charge in [0, 0.05) is 19.7 Å². The van der Waals surface area contributed by atoms with Gasteiger partial charge in [-0.05, 0) is 38.0 Å². The van der Waals surface area contributed by atoms with Gasteiger partial charge in [0.2, 0.25) is 10.0 Å². The molecule has 1 heterocycles. The Labute approximate surface area is 154 Å². The van der Waals surface area contributed by atoms with Gasteiger partial charge in [-0.1, -0.05) is 25.4 Å². The van der Waals surface area contributed by atoms with Gasteiger partial charge < -0.3 is 10.1 Å². The average molecular weight is 389 g/mol. The molecular weight excluding hydrogens is 364 g/mol. The summed E-state index contributed by atoms with van der Waals surface area (Å²) in [6.07, 6.45) is 1.85. The highest BCUT2D eigenvalue weighted by Crippen LogP contribution is 2.24. The molecule has 1 aliphatic rings. The third-order valence-corrected chi connectivity index (χ3v) is 6.78. The molecule has 25 heavy (non-hydrogen) atoms. The number of nitrogens with one attached hydrogen (secondary N) is 1. The van der Waals surface area contributed by atoms with E-state index in [2.05, 4.69) is 5.32 Å². The number of sulfonamides is 1. The number of carbonyl (C=O) groups excluding carboxylic acids is 1. The number of halogens is 1. The van der Waals surface area contributed by atoms with Crippen molar-refractivity contribution in [2.24, 2.45) is 0 Å². The molecule has 1 aliphatic heterocycles. The molecule has 1 fully saturated rings. The van der Waals surface area contributed by atoms with Crippen molar-refractivity contribution in [3.8, 4) is 0 Å². The van der Waals surface area contributed by atoms with Gasteiger partial charge in [0.25, 0.3) is 5.91 Å². The number of carbonyl (C=O) groups is 1. The second-order valence-electron chi connectivity index (χ2n) is 6.04. The summed E-state index contributed by atoms with van der Waals surface area (Å²) in [5.41, 5.74) is 0.153. The van der Waals surface area contributed by atoms with Crippen LogP contribution in [0.3, 0.4) is 0 Å². The number of rotatable bonds is 7. The maximum absolute atomic E-state index is 12.6. The molecule has 1 N–H and O–H groups in total. The second-order valence-corrected chi connectivity index (χ2v) is 8.39. The molecule has 1 amide bonds. The van der Waals surface area contributed by atoms with E-state index >= 15 is 0 Å². The summed E-state index contributed by atoms with van der Waals surface area (Å²) in [5, 5.41) is 3.08. The minimum atomic E-state index is -3.65. The Morgan fingerprint density at radius 2 is 2.08 bits per heavy atom. The quantitative estimate of drug-likeness (QED) is 0.779. The molecule has 0 radical (unpaired) electrons. The van der Waals surface area contributed by atoms with Crippen LogP contribution in [-0.2, 0) is 14.8 Å². The molecular formula is C17H25ClN2O4S. The molecule has 8 heteroatoms. The van der Waals surface area contributed by atoms with E-state index in [1.165, 1.54) is 22.5 Å². The largest absolute Gasteiger partial charge is 0.376 e. The molecule has 0 aromatic heterocycles. The zero-order valence-electron chi connectivity index (χ0n) is 14.8. The summed E-state index contributed by atoms with van der Waals surface area (Å²) in [6, 6.07) is 4.04. The van der Waals surface area contributed by atoms with E-state index in [0.29, 0.717) is 19.7 Å². The van der Waals surface area contributed by atoms with Crippen molar-refractivity contribution < 1.29 is 17.9 Å². The van der Waals surface area contributed by atoms with Crippen LogP contribution in [0.1, 0.15) is 44.0 Å². The molecule has 2 atom stereocenters. The highest BCUT2D eigenvalue weighted by atomic mass is 35.5. The van der Waals surface area contributed by atoms with Gasteiger partial charge in [0.15, 0.2) is 0 Å². The fourth-order valence-electron chi connectivity index (χ4n) is 2.93. The normalized spacial score (nSPS) is 19.2. The van der Waals surface area contributed by atoms with Crippen LogP contribution < -0.4 is 5.32 Å². The molecule has 1 aromatic carbocycles. The van der Waals surface area contributed by atoms with Crippen LogP contribution in [0.5, 0.6) is 0 Å². The van der Waals surface area contributed by atoms with Crippen LogP contribution in [0.15, 0.2) is 23.1 Å². The zero-order chi connectivity index (χ0) is 18.6. The van der Waals surface area contributed by atoms with Gasteiger partial charge in [-0.15, -0.1) is 0 Å². The Morgan fingerprint density at radius 1 is 1.40 bits per heavy atom. The van der Waals surface area contributed by atoms with Crippen LogP contribution >= 0.6 is 11.6 Å². The predicted molar refractivity (Wildman–Crippen MR) is 97.5 cm³/mol. The summed E-state index contributed by atoms with van der Waals surface area (Å²) < 4.78 is 32.2. The van der Waals surface area contributed by atoms with Gasteiger partial charge in [0.1, 0.15) is 0 Å². The summed E-state index contributed by atoms with van der Waals surface area (Å²) in [5.74, 6) is -0.399. The van der Waals surface area contributed by atoms with Crippen LogP contribution in [0, 0.1) is 0 Å². The van der Waals surface area contributed by atoms with Gasteiger partial charge in [-0.25, -0.2) is 8.42 Å². The molecule has 6 nitrogen and oxygen atoms in total. The number of hydrogen-bond acceptors (Lipinski definition) is 4. The summed E-state index contributed by atoms with van der Waals surface area (Å²) in [6.45, 7) is 6.83. The maximum atomic E-state index is 12.6. The number of hydrogen-bond donors (Lipinski definition) is 1. The topological polar surface area (TPSA) is 75.7 Å². The summed E-state index contributed by atoms with van der Waals surface area (Å²) in [4.78, 5) is 12.6. The van der Waals surface area contributed by atoms with Gasteiger partial charge in [0.05, 0.1) is 27.6 Å². The molecule has 0 bridgehead atoms.